The Morgan fingerprint density at radius 1 is 1.23 bits per heavy atom. The van der Waals surface area contributed by atoms with Crippen molar-refractivity contribution in [2.24, 2.45) is 5.73 Å². The van der Waals surface area contributed by atoms with Crippen LogP contribution in [-0.2, 0) is 10.3 Å². The predicted octanol–water partition coefficient (Wildman–Crippen LogP) is 5.03. The summed E-state index contributed by atoms with van der Waals surface area (Å²) in [6.07, 6.45) is 5.69. The smallest absolute Gasteiger partial charge is 0.114 e. The first-order chi connectivity index (χ1) is 10.6. The molecular formula is C18H22INOS. The molecule has 0 aromatic heterocycles. The highest BCUT2D eigenvalue weighted by atomic mass is 127. The Hall–Kier alpha value is -0.300. The molecule has 3 atom stereocenters. The van der Waals surface area contributed by atoms with E-state index in [1.165, 1.54) is 16.3 Å². The molecule has 3 unspecified atom stereocenters. The van der Waals surface area contributed by atoms with Crippen LogP contribution in [0.1, 0.15) is 31.7 Å². The monoisotopic (exact) mass is 427 g/mol. The van der Waals surface area contributed by atoms with Gasteiger partial charge in [0.05, 0.1) is 11.6 Å². The molecule has 4 rings (SSSR count). The number of fused-ring (bicyclic) bond motifs is 2. The quantitative estimate of drug-likeness (QED) is 0.512. The van der Waals surface area contributed by atoms with E-state index in [0.717, 1.165) is 19.3 Å². The Morgan fingerprint density at radius 2 is 1.91 bits per heavy atom. The number of epoxide rings is 1. The minimum atomic E-state index is -0.350. The van der Waals surface area contributed by atoms with Crippen LogP contribution >= 0.6 is 30.1 Å². The lowest BCUT2D eigenvalue weighted by Crippen LogP contribution is -2.52. The van der Waals surface area contributed by atoms with Gasteiger partial charge in [0.15, 0.2) is 0 Å². The van der Waals surface area contributed by atoms with E-state index in [1.54, 1.807) is 8.93 Å². The van der Waals surface area contributed by atoms with E-state index in [9.17, 15) is 0 Å². The second-order valence-electron chi connectivity index (χ2n) is 6.26. The van der Waals surface area contributed by atoms with Gasteiger partial charge in [0.1, 0.15) is 5.60 Å². The third-order valence-corrected chi connectivity index (χ3v) is 5.14. The summed E-state index contributed by atoms with van der Waals surface area (Å²) in [6, 6.07) is 14.9. The van der Waals surface area contributed by atoms with E-state index >= 15 is 0 Å². The molecule has 1 saturated carbocycles. The summed E-state index contributed by atoms with van der Waals surface area (Å²) < 4.78 is 5.96. The number of hydrogen-bond acceptors (Lipinski definition) is 3. The number of halogens is 1. The van der Waals surface area contributed by atoms with E-state index in [2.05, 4.69) is 70.6 Å². The molecule has 1 heterocycles. The third kappa shape index (κ3) is 2.58. The summed E-state index contributed by atoms with van der Waals surface area (Å²) >= 11 is 2.20. The molecule has 4 heteroatoms. The van der Waals surface area contributed by atoms with Gasteiger partial charge in [-0.15, -0.1) is 0 Å². The molecule has 1 saturated heterocycles. The van der Waals surface area contributed by atoms with Crippen LogP contribution in [0.4, 0.5) is 0 Å². The molecule has 2 nitrogen and oxygen atoms in total. The summed E-state index contributed by atoms with van der Waals surface area (Å²) in [5.41, 5.74) is 7.56. The van der Waals surface area contributed by atoms with Crippen molar-refractivity contribution >= 4 is 40.9 Å². The van der Waals surface area contributed by atoms with E-state index in [-0.39, 0.29) is 11.1 Å². The van der Waals surface area contributed by atoms with Crippen molar-refractivity contribution in [3.63, 3.8) is 0 Å². The molecule has 0 spiro atoms. The highest BCUT2D eigenvalue weighted by molar-refractivity contribution is 14.2. The third-order valence-electron chi connectivity index (χ3n) is 5.14. The van der Waals surface area contributed by atoms with Gasteiger partial charge in [-0.2, -0.15) is 0 Å². The fraction of sp³-hybridized carbons (Fsp3) is 0.444. The lowest BCUT2D eigenvalue weighted by Gasteiger charge is -2.38. The van der Waals surface area contributed by atoms with Crippen molar-refractivity contribution in [2.75, 3.05) is 6.26 Å². The SMILES string of the molecule is CC12OC1CCCC2(N)c1cccc2ccccc12.CSI. The molecule has 2 aromatic carbocycles. The Kier molecular flexibility index (Phi) is 4.74. The minimum absolute atomic E-state index is 0.171. The topological polar surface area (TPSA) is 38.5 Å². The van der Waals surface area contributed by atoms with Gasteiger partial charge in [-0.05, 0) is 70.0 Å². The van der Waals surface area contributed by atoms with Crippen LogP contribution in [-0.4, -0.2) is 18.0 Å². The van der Waals surface area contributed by atoms with Crippen molar-refractivity contribution in [2.45, 2.75) is 43.4 Å². The van der Waals surface area contributed by atoms with Crippen molar-refractivity contribution in [1.82, 2.24) is 0 Å². The summed E-state index contributed by atoms with van der Waals surface area (Å²) in [5.74, 6) is 0. The Bertz CT molecular complexity index is 674. The van der Waals surface area contributed by atoms with Gasteiger partial charge in [-0.3, -0.25) is 0 Å². The summed E-state index contributed by atoms with van der Waals surface area (Å²) in [4.78, 5) is 0. The fourth-order valence-corrected chi connectivity index (χ4v) is 3.82. The molecule has 2 fully saturated rings. The average Bonchev–Trinajstić information content (AvgIpc) is 3.21. The van der Waals surface area contributed by atoms with Crippen molar-refractivity contribution in [1.29, 1.82) is 0 Å². The van der Waals surface area contributed by atoms with E-state index in [4.69, 9.17) is 10.5 Å². The second-order valence-corrected chi connectivity index (χ2v) is 9.21. The maximum absolute atomic E-state index is 6.84. The molecular weight excluding hydrogens is 405 g/mol. The second kappa shape index (κ2) is 6.30. The standard InChI is InChI=1S/C17H19NO.CH3IS/c1-16-15(19-16)10-5-11-17(16,18)14-9-4-7-12-6-2-3-8-13(12)14;1-3-2/h2-4,6-9,15H,5,10-11,18H2,1H3;1H3. The number of benzene rings is 2. The van der Waals surface area contributed by atoms with Crippen LogP contribution in [0.3, 0.4) is 0 Å². The Labute approximate surface area is 148 Å². The average molecular weight is 427 g/mol. The first-order valence-corrected chi connectivity index (χ1v) is 11.4. The first-order valence-electron chi connectivity index (χ1n) is 7.66. The maximum Gasteiger partial charge on any atom is 0.114 e. The molecule has 0 radical (unpaired) electrons. The summed E-state index contributed by atoms with van der Waals surface area (Å²) in [6.45, 7) is 2.18. The van der Waals surface area contributed by atoms with Gasteiger partial charge in [0.25, 0.3) is 0 Å². The van der Waals surface area contributed by atoms with Gasteiger partial charge in [-0.1, -0.05) is 51.4 Å². The molecule has 0 bridgehead atoms. The van der Waals surface area contributed by atoms with Crippen LogP contribution in [0.25, 0.3) is 10.8 Å². The molecule has 2 aromatic rings. The number of rotatable bonds is 1. The van der Waals surface area contributed by atoms with E-state index in [1.807, 2.05) is 6.26 Å². The predicted molar refractivity (Wildman–Crippen MR) is 104 cm³/mol. The highest BCUT2D eigenvalue weighted by Gasteiger charge is 2.66. The Balaban J connectivity index is 0.000000446. The van der Waals surface area contributed by atoms with Gasteiger partial charge in [0, 0.05) is 0 Å². The molecule has 0 amide bonds. The van der Waals surface area contributed by atoms with E-state index in [0.29, 0.717) is 6.10 Å². The lowest BCUT2D eigenvalue weighted by atomic mass is 9.69. The minimum Gasteiger partial charge on any atom is -0.364 e. The van der Waals surface area contributed by atoms with Crippen LogP contribution < -0.4 is 5.73 Å². The summed E-state index contributed by atoms with van der Waals surface area (Å²) in [5, 5.41) is 2.53. The first kappa shape index (κ1) is 16.6. The number of hydrogen-bond donors (Lipinski definition) is 1. The fourth-order valence-electron chi connectivity index (χ4n) is 3.82. The van der Waals surface area contributed by atoms with Gasteiger partial charge >= 0.3 is 0 Å². The summed E-state index contributed by atoms with van der Waals surface area (Å²) in [7, 11) is 1.72. The zero-order valence-corrected chi connectivity index (χ0v) is 16.0. The van der Waals surface area contributed by atoms with Gasteiger partial charge < -0.3 is 10.5 Å². The van der Waals surface area contributed by atoms with E-state index < -0.39 is 0 Å². The van der Waals surface area contributed by atoms with Crippen molar-refractivity contribution in [3.8, 4) is 0 Å². The zero-order valence-electron chi connectivity index (χ0n) is 13.0. The van der Waals surface area contributed by atoms with Crippen LogP contribution in [0, 0.1) is 0 Å². The van der Waals surface area contributed by atoms with Gasteiger partial charge in [0.2, 0.25) is 0 Å². The molecule has 1 aliphatic carbocycles. The maximum atomic E-state index is 6.84. The molecule has 1 aliphatic heterocycles. The van der Waals surface area contributed by atoms with Crippen LogP contribution in [0.2, 0.25) is 0 Å². The Morgan fingerprint density at radius 3 is 2.68 bits per heavy atom. The van der Waals surface area contributed by atoms with Crippen molar-refractivity contribution < 1.29 is 4.74 Å². The molecule has 2 aliphatic rings. The number of nitrogens with two attached hydrogens (primary N) is 1. The largest absolute Gasteiger partial charge is 0.364 e. The molecule has 118 valence electrons. The molecule has 22 heavy (non-hydrogen) atoms. The lowest BCUT2D eigenvalue weighted by molar-refractivity contribution is 0.189. The highest BCUT2D eigenvalue weighted by Crippen LogP contribution is 2.57. The van der Waals surface area contributed by atoms with Crippen LogP contribution in [0.5, 0.6) is 0 Å². The zero-order chi connectivity index (χ0) is 15.8. The van der Waals surface area contributed by atoms with Crippen LogP contribution in [0.15, 0.2) is 42.5 Å². The van der Waals surface area contributed by atoms with Gasteiger partial charge in [-0.25, -0.2) is 0 Å². The molecule has 2 N–H and O–H groups in total. The van der Waals surface area contributed by atoms with Crippen molar-refractivity contribution in [3.05, 3.63) is 48.0 Å². The number of ether oxygens (including phenoxy) is 1. The normalized spacial score (nSPS) is 32.8.